The summed E-state index contributed by atoms with van der Waals surface area (Å²) in [6.07, 6.45) is 6.93. The number of nitrogens with zero attached hydrogens (tertiary/aromatic N) is 3. The molecule has 3 rings (SSSR count). The number of likely N-dealkylation sites (tertiary alicyclic amines) is 2. The lowest BCUT2D eigenvalue weighted by Gasteiger charge is -2.28. The van der Waals surface area contributed by atoms with Gasteiger partial charge in [-0.15, -0.1) is 0 Å². The average Bonchev–Trinajstić information content (AvgIpc) is 2.99. The van der Waals surface area contributed by atoms with E-state index in [0.29, 0.717) is 11.7 Å². The van der Waals surface area contributed by atoms with Crippen LogP contribution in [0.15, 0.2) is 18.3 Å². The number of urea groups is 1. The number of aromatic nitrogens is 1. The van der Waals surface area contributed by atoms with Crippen LogP contribution in [-0.4, -0.2) is 53.5 Å². The first kappa shape index (κ1) is 15.3. The van der Waals surface area contributed by atoms with Crippen LogP contribution in [0.25, 0.3) is 0 Å². The van der Waals surface area contributed by atoms with Gasteiger partial charge in [-0.05, 0) is 56.8 Å². The zero-order valence-electron chi connectivity index (χ0n) is 13.4. The van der Waals surface area contributed by atoms with Crippen molar-refractivity contribution < 1.29 is 4.79 Å². The Balaban J connectivity index is 1.47. The van der Waals surface area contributed by atoms with Crippen molar-refractivity contribution in [3.05, 3.63) is 23.9 Å². The van der Waals surface area contributed by atoms with Gasteiger partial charge in [-0.1, -0.05) is 12.5 Å². The van der Waals surface area contributed by atoms with Crippen LogP contribution >= 0.6 is 0 Å². The molecule has 5 heteroatoms. The molecule has 1 aromatic rings. The number of carbonyl (C=O) groups is 1. The molecule has 3 heterocycles. The Morgan fingerprint density at radius 2 is 2.09 bits per heavy atom. The largest absolute Gasteiger partial charge is 0.324 e. The molecule has 0 bridgehead atoms. The van der Waals surface area contributed by atoms with Crippen LogP contribution < -0.4 is 5.32 Å². The fraction of sp³-hybridized carbons (Fsp3) is 0.647. The van der Waals surface area contributed by atoms with E-state index in [0.717, 1.165) is 31.6 Å². The molecule has 2 saturated heterocycles. The zero-order valence-corrected chi connectivity index (χ0v) is 13.4. The fourth-order valence-corrected chi connectivity index (χ4v) is 3.40. The van der Waals surface area contributed by atoms with Crippen LogP contribution in [0.2, 0.25) is 0 Å². The molecule has 1 aromatic heterocycles. The van der Waals surface area contributed by atoms with Crippen LogP contribution in [0.1, 0.15) is 31.2 Å². The molecule has 0 aliphatic carbocycles. The minimum atomic E-state index is -0.0162. The van der Waals surface area contributed by atoms with E-state index in [2.05, 4.69) is 15.2 Å². The Kier molecular flexibility index (Phi) is 4.93. The molecule has 0 aromatic carbocycles. The Bertz CT molecular complexity index is 496. The molecule has 5 nitrogen and oxygen atoms in total. The first-order chi connectivity index (χ1) is 10.7. The lowest BCUT2D eigenvalue weighted by atomic mass is 10.1. The first-order valence-corrected chi connectivity index (χ1v) is 8.41. The second kappa shape index (κ2) is 7.09. The van der Waals surface area contributed by atoms with Gasteiger partial charge in [0.25, 0.3) is 0 Å². The van der Waals surface area contributed by atoms with Gasteiger partial charge in [-0.25, -0.2) is 9.78 Å². The van der Waals surface area contributed by atoms with Crippen LogP contribution in [-0.2, 0) is 0 Å². The van der Waals surface area contributed by atoms with E-state index in [1.807, 2.05) is 24.0 Å². The summed E-state index contributed by atoms with van der Waals surface area (Å²) in [5.74, 6) is 1.25. The highest BCUT2D eigenvalue weighted by molar-refractivity contribution is 5.88. The minimum Gasteiger partial charge on any atom is -0.324 e. The lowest BCUT2D eigenvalue weighted by molar-refractivity contribution is 0.192. The van der Waals surface area contributed by atoms with Gasteiger partial charge in [0.15, 0.2) is 0 Å². The first-order valence-electron chi connectivity index (χ1n) is 8.41. The molecular weight excluding hydrogens is 276 g/mol. The number of hydrogen-bond acceptors (Lipinski definition) is 3. The SMILES string of the molecule is Cc1ccc(NC(=O)N2CC[C@@H](CN3CCCCC3)C2)nc1. The highest BCUT2D eigenvalue weighted by Gasteiger charge is 2.28. The molecule has 1 N–H and O–H groups in total. The number of pyridine rings is 1. The predicted molar refractivity (Wildman–Crippen MR) is 88.0 cm³/mol. The smallest absolute Gasteiger partial charge is 0.323 e. The third-order valence-electron chi connectivity index (χ3n) is 4.68. The molecule has 0 radical (unpaired) electrons. The Morgan fingerprint density at radius 1 is 1.27 bits per heavy atom. The van der Waals surface area contributed by atoms with E-state index in [4.69, 9.17) is 0 Å². The third kappa shape index (κ3) is 3.97. The summed E-state index contributed by atoms with van der Waals surface area (Å²) in [4.78, 5) is 21.0. The molecule has 0 spiro atoms. The summed E-state index contributed by atoms with van der Waals surface area (Å²) in [5, 5.41) is 2.90. The van der Waals surface area contributed by atoms with Gasteiger partial charge in [0.2, 0.25) is 0 Å². The zero-order chi connectivity index (χ0) is 15.4. The summed E-state index contributed by atoms with van der Waals surface area (Å²) in [7, 11) is 0. The van der Waals surface area contributed by atoms with Crippen molar-refractivity contribution in [1.82, 2.24) is 14.8 Å². The van der Waals surface area contributed by atoms with Gasteiger partial charge in [-0.3, -0.25) is 5.32 Å². The van der Waals surface area contributed by atoms with E-state index in [1.165, 1.54) is 32.4 Å². The number of anilines is 1. The van der Waals surface area contributed by atoms with Crippen molar-refractivity contribution >= 4 is 11.8 Å². The number of carbonyl (C=O) groups excluding carboxylic acids is 1. The van der Waals surface area contributed by atoms with Gasteiger partial charge in [-0.2, -0.15) is 0 Å². The van der Waals surface area contributed by atoms with Crippen LogP contribution in [0.3, 0.4) is 0 Å². The van der Waals surface area contributed by atoms with Gasteiger partial charge in [0.05, 0.1) is 0 Å². The normalized spacial score (nSPS) is 22.8. The van der Waals surface area contributed by atoms with E-state index in [-0.39, 0.29) is 6.03 Å². The second-order valence-electron chi connectivity index (χ2n) is 6.61. The van der Waals surface area contributed by atoms with Gasteiger partial charge in [0, 0.05) is 25.8 Å². The highest BCUT2D eigenvalue weighted by Crippen LogP contribution is 2.20. The molecule has 0 saturated carbocycles. The molecule has 1 atom stereocenters. The van der Waals surface area contributed by atoms with Crippen LogP contribution in [0, 0.1) is 12.8 Å². The monoisotopic (exact) mass is 302 g/mol. The maximum Gasteiger partial charge on any atom is 0.323 e. The predicted octanol–water partition coefficient (Wildman–Crippen LogP) is 2.73. The number of hydrogen-bond donors (Lipinski definition) is 1. The van der Waals surface area contributed by atoms with Crippen molar-refractivity contribution in [2.75, 3.05) is 38.0 Å². The number of aryl methyl sites for hydroxylation is 1. The van der Waals surface area contributed by atoms with Crippen molar-refractivity contribution in [2.24, 2.45) is 5.92 Å². The van der Waals surface area contributed by atoms with Gasteiger partial charge in [0.1, 0.15) is 5.82 Å². The van der Waals surface area contributed by atoms with Gasteiger partial charge < -0.3 is 9.80 Å². The fourth-order valence-electron chi connectivity index (χ4n) is 3.40. The molecular formula is C17H26N4O. The summed E-state index contributed by atoms with van der Waals surface area (Å²) in [5.41, 5.74) is 1.10. The topological polar surface area (TPSA) is 48.5 Å². The maximum atomic E-state index is 12.3. The summed E-state index contributed by atoms with van der Waals surface area (Å²) >= 11 is 0. The number of nitrogens with one attached hydrogen (secondary N) is 1. The van der Waals surface area contributed by atoms with Crippen LogP contribution in [0.5, 0.6) is 0 Å². The second-order valence-corrected chi connectivity index (χ2v) is 6.61. The Morgan fingerprint density at radius 3 is 2.82 bits per heavy atom. The molecule has 2 aliphatic heterocycles. The highest BCUT2D eigenvalue weighted by atomic mass is 16.2. The van der Waals surface area contributed by atoms with Gasteiger partial charge >= 0.3 is 6.03 Å². The Hall–Kier alpha value is -1.62. The van der Waals surface area contributed by atoms with Crippen molar-refractivity contribution in [2.45, 2.75) is 32.6 Å². The van der Waals surface area contributed by atoms with Crippen molar-refractivity contribution in [1.29, 1.82) is 0 Å². The van der Waals surface area contributed by atoms with E-state index in [9.17, 15) is 4.79 Å². The van der Waals surface area contributed by atoms with Crippen molar-refractivity contribution in [3.8, 4) is 0 Å². The minimum absolute atomic E-state index is 0.0162. The summed E-state index contributed by atoms with van der Waals surface area (Å²) < 4.78 is 0. The molecule has 2 aliphatic rings. The average molecular weight is 302 g/mol. The summed E-state index contributed by atoms with van der Waals surface area (Å²) in [6.45, 7) is 7.33. The van der Waals surface area contributed by atoms with E-state index < -0.39 is 0 Å². The third-order valence-corrected chi connectivity index (χ3v) is 4.68. The standard InChI is InChI=1S/C17H26N4O/c1-14-5-6-16(18-11-14)19-17(22)21-10-7-15(13-21)12-20-8-3-2-4-9-20/h5-6,11,15H,2-4,7-10,12-13H2,1H3,(H,18,19,22)/t15-/m0/s1. The van der Waals surface area contributed by atoms with Crippen molar-refractivity contribution in [3.63, 3.8) is 0 Å². The molecule has 0 unspecified atom stereocenters. The number of rotatable bonds is 3. The Labute approximate surface area is 132 Å². The molecule has 22 heavy (non-hydrogen) atoms. The molecule has 2 fully saturated rings. The maximum absolute atomic E-state index is 12.3. The lowest BCUT2D eigenvalue weighted by Crippen LogP contribution is -2.37. The summed E-state index contributed by atoms with van der Waals surface area (Å²) in [6, 6.07) is 3.80. The number of amides is 2. The molecule has 120 valence electrons. The van der Waals surface area contributed by atoms with E-state index in [1.54, 1.807) is 6.20 Å². The van der Waals surface area contributed by atoms with Crippen LogP contribution in [0.4, 0.5) is 10.6 Å². The number of piperidine rings is 1. The molecule has 2 amide bonds. The van der Waals surface area contributed by atoms with E-state index >= 15 is 0 Å². The quantitative estimate of drug-likeness (QED) is 0.934.